The lowest BCUT2D eigenvalue weighted by molar-refractivity contribution is -0.138. The molecule has 1 saturated heterocycles. The van der Waals surface area contributed by atoms with Crippen LogP contribution in [0.3, 0.4) is 0 Å². The fraction of sp³-hybridized carbons (Fsp3) is 0.293. The second-order valence-electron chi connectivity index (χ2n) is 14.0. The maximum absolute atomic E-state index is 14.1. The summed E-state index contributed by atoms with van der Waals surface area (Å²) in [6.45, 7) is 2.38. The number of nitrogens with zero attached hydrogens (tertiary/aromatic N) is 3. The Bertz CT molecular complexity index is 2440. The topological polar surface area (TPSA) is 198 Å². The zero-order valence-corrected chi connectivity index (χ0v) is 33.1. The van der Waals surface area contributed by atoms with Gasteiger partial charge in [-0.15, -0.1) is 0 Å². The Labute approximate surface area is 339 Å². The number of pyridine rings is 1. The molecule has 7 rings (SSSR count). The summed E-state index contributed by atoms with van der Waals surface area (Å²) in [6, 6.07) is 22.2. The Hall–Kier alpha value is -5.91. The van der Waals surface area contributed by atoms with Gasteiger partial charge in [-0.1, -0.05) is 42.1 Å². The fourth-order valence-electron chi connectivity index (χ4n) is 7.07. The highest BCUT2D eigenvalue weighted by Gasteiger charge is 2.40. The van der Waals surface area contributed by atoms with E-state index in [0.29, 0.717) is 59.7 Å². The van der Waals surface area contributed by atoms with Crippen LogP contribution in [0.15, 0.2) is 112 Å². The van der Waals surface area contributed by atoms with Crippen molar-refractivity contribution in [2.45, 2.75) is 53.0 Å². The molecule has 1 fully saturated rings. The van der Waals surface area contributed by atoms with E-state index in [9.17, 15) is 27.6 Å². The van der Waals surface area contributed by atoms with Gasteiger partial charge in [0.15, 0.2) is 0 Å². The van der Waals surface area contributed by atoms with E-state index in [-0.39, 0.29) is 36.9 Å². The Balaban J connectivity index is 1.05. The number of likely N-dealkylation sites (tertiary alicyclic amines) is 1. The van der Waals surface area contributed by atoms with E-state index in [4.69, 9.17) is 14.6 Å². The lowest BCUT2D eigenvalue weighted by Gasteiger charge is -2.26. The van der Waals surface area contributed by atoms with Gasteiger partial charge in [-0.3, -0.25) is 19.4 Å². The summed E-state index contributed by atoms with van der Waals surface area (Å²) in [7, 11) is -4.09. The molecule has 0 radical (unpaired) electrons. The molecule has 0 spiro atoms. The van der Waals surface area contributed by atoms with Crippen molar-refractivity contribution in [1.29, 1.82) is 0 Å². The van der Waals surface area contributed by atoms with Crippen LogP contribution in [-0.4, -0.2) is 90.1 Å². The van der Waals surface area contributed by atoms with Crippen molar-refractivity contribution in [2.24, 2.45) is 5.92 Å². The molecule has 58 heavy (non-hydrogen) atoms. The molecule has 17 heteroatoms. The summed E-state index contributed by atoms with van der Waals surface area (Å²) in [5.74, 6) is -0.472. The predicted octanol–water partition coefficient (Wildman–Crippen LogP) is 5.42. The third-order valence-electron chi connectivity index (χ3n) is 9.92. The first-order valence-corrected chi connectivity index (χ1v) is 21.0. The molecule has 0 bridgehead atoms. The van der Waals surface area contributed by atoms with Crippen molar-refractivity contribution in [1.82, 2.24) is 29.8 Å². The number of ether oxygens (including phenoxy) is 2. The van der Waals surface area contributed by atoms with E-state index >= 15 is 0 Å². The van der Waals surface area contributed by atoms with Gasteiger partial charge in [-0.05, 0) is 80.8 Å². The summed E-state index contributed by atoms with van der Waals surface area (Å²) >= 11 is 1.53. The average molecular weight is 827 g/mol. The zero-order chi connectivity index (χ0) is 40.8. The van der Waals surface area contributed by atoms with Crippen LogP contribution in [0.5, 0.6) is 11.5 Å². The Morgan fingerprint density at radius 3 is 2.55 bits per heavy atom. The molecule has 2 aliphatic heterocycles. The highest BCUT2D eigenvalue weighted by Crippen LogP contribution is 2.47. The molecule has 15 nitrogen and oxygen atoms in total. The number of carboxylic acid groups (broad SMARTS) is 1. The minimum absolute atomic E-state index is 0.0758. The standard InChI is InChI=1S/C41H42N6O9S2/c1-26(32-20-29-22-42-17-15-31(29)47(32)58(53,54)30-9-3-2-4-10-30)45-40(50)33-19-27(25-55-18-8-7-16-43-41(51)52)24-46(33)38(48)23-44-39(49)28-13-14-37-35(21-28)56-34-11-5-6-12-36(34)57-37/h2-6,9-15,17,20-22,26-27,33,43H,7-8,16,18-19,23-25H2,1H3,(H,44,49)(H,45,50)(H,51,52)/t26-,27?,33+/m1/s1. The molecule has 2 aliphatic rings. The smallest absolute Gasteiger partial charge is 0.404 e. The second-order valence-corrected chi connectivity index (χ2v) is 16.9. The normalized spacial score (nSPS) is 16.5. The van der Waals surface area contributed by atoms with E-state index in [0.717, 1.165) is 9.79 Å². The van der Waals surface area contributed by atoms with Gasteiger partial charge >= 0.3 is 6.09 Å². The highest BCUT2D eigenvalue weighted by atomic mass is 32.2. The number of para-hydroxylation sites is 1. The number of unbranched alkanes of at least 4 members (excludes halogenated alkanes) is 1. The fourth-order valence-corrected chi connectivity index (χ4v) is 9.63. The van der Waals surface area contributed by atoms with Crippen molar-refractivity contribution in [3.05, 3.63) is 109 Å². The number of rotatable bonds is 15. The van der Waals surface area contributed by atoms with Crippen molar-refractivity contribution in [2.75, 3.05) is 32.8 Å². The molecule has 4 N–H and O–H groups in total. The number of amides is 4. The maximum atomic E-state index is 14.1. The van der Waals surface area contributed by atoms with Crippen LogP contribution >= 0.6 is 11.8 Å². The number of hydrogen-bond acceptors (Lipinski definition) is 10. The zero-order valence-electron chi connectivity index (χ0n) is 31.5. The summed E-state index contributed by atoms with van der Waals surface area (Å²) < 4.78 is 41.1. The lowest BCUT2D eigenvalue weighted by Crippen LogP contribution is -2.49. The van der Waals surface area contributed by atoms with E-state index in [1.54, 1.807) is 61.7 Å². The van der Waals surface area contributed by atoms with Gasteiger partial charge in [-0.2, -0.15) is 0 Å². The van der Waals surface area contributed by atoms with Crippen LogP contribution in [0.1, 0.15) is 48.3 Å². The van der Waals surface area contributed by atoms with Gasteiger partial charge in [-0.25, -0.2) is 17.2 Å². The van der Waals surface area contributed by atoms with Crippen molar-refractivity contribution in [3.63, 3.8) is 0 Å². The molecule has 0 saturated carbocycles. The van der Waals surface area contributed by atoms with Crippen LogP contribution < -0.4 is 20.7 Å². The van der Waals surface area contributed by atoms with Gasteiger partial charge in [0.1, 0.15) is 17.5 Å². The van der Waals surface area contributed by atoms with Gasteiger partial charge in [0.05, 0.1) is 45.1 Å². The van der Waals surface area contributed by atoms with E-state index in [2.05, 4.69) is 20.9 Å². The van der Waals surface area contributed by atoms with Crippen LogP contribution in [-0.2, 0) is 24.3 Å². The summed E-state index contributed by atoms with van der Waals surface area (Å²) in [6.07, 6.45) is 3.41. The molecule has 3 atom stereocenters. The summed E-state index contributed by atoms with van der Waals surface area (Å²) in [5, 5.41) is 17.3. The van der Waals surface area contributed by atoms with Crippen LogP contribution in [0, 0.1) is 5.92 Å². The molecule has 4 amide bonds. The molecule has 1 unspecified atom stereocenters. The first-order valence-electron chi connectivity index (χ1n) is 18.8. The molecule has 3 aromatic carbocycles. The number of benzene rings is 3. The molecule has 0 aliphatic carbocycles. The van der Waals surface area contributed by atoms with Crippen LogP contribution in [0.4, 0.5) is 4.79 Å². The third kappa shape index (κ3) is 8.96. The van der Waals surface area contributed by atoms with Crippen LogP contribution in [0.2, 0.25) is 0 Å². The minimum atomic E-state index is -4.09. The van der Waals surface area contributed by atoms with Gasteiger partial charge < -0.3 is 35.4 Å². The van der Waals surface area contributed by atoms with Crippen molar-refractivity contribution >= 4 is 56.5 Å². The van der Waals surface area contributed by atoms with E-state index < -0.39 is 45.9 Å². The van der Waals surface area contributed by atoms with Crippen molar-refractivity contribution in [3.8, 4) is 11.5 Å². The van der Waals surface area contributed by atoms with Crippen molar-refractivity contribution < 1.29 is 42.2 Å². The molecule has 2 aromatic heterocycles. The summed E-state index contributed by atoms with van der Waals surface area (Å²) in [5.41, 5.74) is 1.00. The largest absolute Gasteiger partial charge is 0.465 e. The highest BCUT2D eigenvalue weighted by molar-refractivity contribution is 7.99. The lowest BCUT2D eigenvalue weighted by atomic mass is 10.1. The number of nitrogens with one attached hydrogen (secondary N) is 3. The Kier molecular flexibility index (Phi) is 12.3. The number of fused-ring (bicyclic) bond motifs is 3. The molecular weight excluding hydrogens is 785 g/mol. The van der Waals surface area contributed by atoms with E-state index in [1.807, 2.05) is 24.3 Å². The number of carbonyl (C=O) groups is 4. The monoisotopic (exact) mass is 826 g/mol. The minimum Gasteiger partial charge on any atom is -0.465 e. The maximum Gasteiger partial charge on any atom is 0.404 e. The molecule has 4 heterocycles. The number of aromatic nitrogens is 2. The first kappa shape index (κ1) is 40.3. The Morgan fingerprint density at radius 1 is 0.966 bits per heavy atom. The molecule has 302 valence electrons. The SMILES string of the molecule is C[C@@H](NC(=O)[C@@H]1CC(COCCCCNC(=O)O)CN1C(=O)CNC(=O)c1ccc2c(c1)Oc1ccccc1S2)c1cc2cnccc2n1S(=O)(=O)c1ccccc1. The molecular formula is C41H42N6O9S2. The predicted molar refractivity (Wildman–Crippen MR) is 214 cm³/mol. The molecule has 5 aromatic rings. The van der Waals surface area contributed by atoms with Gasteiger partial charge in [0, 0.05) is 49.0 Å². The quantitative estimate of drug-likeness (QED) is 0.0965. The second kappa shape index (κ2) is 17.7. The van der Waals surface area contributed by atoms with E-state index in [1.165, 1.54) is 39.0 Å². The van der Waals surface area contributed by atoms with Gasteiger partial charge in [0.2, 0.25) is 11.8 Å². The summed E-state index contributed by atoms with van der Waals surface area (Å²) in [4.78, 5) is 59.5. The number of hydrogen-bond donors (Lipinski definition) is 4. The third-order valence-corrected chi connectivity index (χ3v) is 12.8. The van der Waals surface area contributed by atoms with Crippen LogP contribution in [0.25, 0.3) is 10.9 Å². The first-order chi connectivity index (χ1) is 28.0. The number of carbonyl (C=O) groups excluding carboxylic acids is 3. The average Bonchev–Trinajstić information content (AvgIpc) is 3.85. The van der Waals surface area contributed by atoms with Gasteiger partial charge in [0.25, 0.3) is 15.9 Å². The Morgan fingerprint density at radius 2 is 1.74 bits per heavy atom.